The predicted molar refractivity (Wildman–Crippen MR) is 61.2 cm³/mol. The second kappa shape index (κ2) is 5.72. The quantitative estimate of drug-likeness (QED) is 0.654. The van der Waals surface area contributed by atoms with Crippen LogP contribution < -0.4 is 10.9 Å². The van der Waals surface area contributed by atoms with E-state index >= 15 is 0 Å². The van der Waals surface area contributed by atoms with Crippen LogP contribution in [-0.2, 0) is 11.3 Å². The summed E-state index contributed by atoms with van der Waals surface area (Å²) in [5.74, 6) is -1.07. The lowest BCUT2D eigenvalue weighted by Crippen LogP contribution is -2.37. The van der Waals surface area contributed by atoms with Gasteiger partial charge >= 0.3 is 6.18 Å². The van der Waals surface area contributed by atoms with Crippen LogP contribution in [0.2, 0.25) is 0 Å². The van der Waals surface area contributed by atoms with Crippen molar-refractivity contribution in [3.63, 3.8) is 0 Å². The van der Waals surface area contributed by atoms with Crippen molar-refractivity contribution in [3.05, 3.63) is 38.3 Å². The van der Waals surface area contributed by atoms with E-state index in [-0.39, 0.29) is 5.56 Å². The van der Waals surface area contributed by atoms with E-state index in [9.17, 15) is 32.9 Å². The lowest BCUT2D eigenvalue weighted by atomic mass is 10.2. The normalized spacial score (nSPS) is 11.2. The van der Waals surface area contributed by atoms with E-state index < -0.39 is 41.3 Å². The topological polar surface area (TPSA) is 94.2 Å². The minimum atomic E-state index is -4.57. The van der Waals surface area contributed by atoms with Crippen molar-refractivity contribution in [2.45, 2.75) is 19.6 Å². The Bertz CT molecular complexity index is 594. The average molecular weight is 293 g/mol. The Kier molecular flexibility index (Phi) is 4.48. The smallest absolute Gasteiger partial charge is 0.345 e. The Labute approximate surface area is 110 Å². The molecule has 20 heavy (non-hydrogen) atoms. The van der Waals surface area contributed by atoms with Crippen LogP contribution in [0.1, 0.15) is 5.56 Å². The third kappa shape index (κ3) is 4.37. The van der Waals surface area contributed by atoms with Crippen molar-refractivity contribution in [1.29, 1.82) is 0 Å². The van der Waals surface area contributed by atoms with Gasteiger partial charge in [0.05, 0.1) is 11.1 Å². The molecule has 0 aromatic carbocycles. The molecule has 10 heteroatoms. The third-order valence-electron chi connectivity index (χ3n) is 2.30. The number of nitro groups is 1. The SMILES string of the molecule is Cc1cc(=O)n(CC(=O)NCC(F)(F)F)cc1[N+](=O)[O-]. The predicted octanol–water partition coefficient (Wildman–Crippen LogP) is 0.743. The van der Waals surface area contributed by atoms with Gasteiger partial charge in [-0.05, 0) is 6.92 Å². The molecule has 0 bridgehead atoms. The zero-order chi connectivity index (χ0) is 15.5. The summed E-state index contributed by atoms with van der Waals surface area (Å²) in [6, 6.07) is 0.940. The lowest BCUT2D eigenvalue weighted by Gasteiger charge is -2.09. The van der Waals surface area contributed by atoms with E-state index in [0.717, 1.165) is 12.3 Å². The number of hydrogen-bond acceptors (Lipinski definition) is 4. The van der Waals surface area contributed by atoms with Crippen LogP contribution in [0, 0.1) is 17.0 Å². The van der Waals surface area contributed by atoms with Crippen LogP contribution in [0.5, 0.6) is 0 Å². The molecule has 0 radical (unpaired) electrons. The number of aryl methyl sites for hydroxylation is 1. The first-order valence-corrected chi connectivity index (χ1v) is 5.29. The summed E-state index contributed by atoms with van der Waals surface area (Å²) in [5, 5.41) is 12.2. The average Bonchev–Trinajstić information content (AvgIpc) is 2.28. The van der Waals surface area contributed by atoms with Gasteiger partial charge in [0.25, 0.3) is 11.2 Å². The molecule has 0 saturated carbocycles. The van der Waals surface area contributed by atoms with Crippen LogP contribution in [0.15, 0.2) is 17.1 Å². The van der Waals surface area contributed by atoms with Gasteiger partial charge in [-0.1, -0.05) is 0 Å². The largest absolute Gasteiger partial charge is 0.405 e. The van der Waals surface area contributed by atoms with E-state index in [0.29, 0.717) is 4.57 Å². The summed E-state index contributed by atoms with van der Waals surface area (Å²) in [5.41, 5.74) is -1.00. The van der Waals surface area contributed by atoms with Crippen molar-refractivity contribution in [2.24, 2.45) is 0 Å². The number of hydrogen-bond donors (Lipinski definition) is 1. The van der Waals surface area contributed by atoms with Gasteiger partial charge in [-0.3, -0.25) is 24.3 Å². The van der Waals surface area contributed by atoms with Crippen molar-refractivity contribution in [2.75, 3.05) is 6.54 Å². The summed E-state index contributed by atoms with van der Waals surface area (Å²) in [4.78, 5) is 32.6. The Morgan fingerprint density at radius 1 is 1.50 bits per heavy atom. The van der Waals surface area contributed by atoms with Gasteiger partial charge < -0.3 is 5.32 Å². The Morgan fingerprint density at radius 2 is 2.10 bits per heavy atom. The Balaban J connectivity index is 2.88. The molecule has 1 aromatic rings. The number of rotatable bonds is 4. The molecule has 1 N–H and O–H groups in total. The van der Waals surface area contributed by atoms with E-state index in [1.807, 2.05) is 0 Å². The summed E-state index contributed by atoms with van der Waals surface area (Å²) < 4.78 is 36.3. The summed E-state index contributed by atoms with van der Waals surface area (Å²) in [6.45, 7) is -0.918. The molecule has 1 amide bonds. The van der Waals surface area contributed by atoms with Crippen LogP contribution in [-0.4, -0.2) is 28.1 Å². The van der Waals surface area contributed by atoms with Crippen LogP contribution in [0.4, 0.5) is 18.9 Å². The molecule has 0 unspecified atom stereocenters. The molecule has 0 spiro atoms. The fourth-order valence-electron chi connectivity index (χ4n) is 1.38. The molecule has 0 aliphatic heterocycles. The molecule has 7 nitrogen and oxygen atoms in total. The highest BCUT2D eigenvalue weighted by Gasteiger charge is 2.27. The van der Waals surface area contributed by atoms with Crippen LogP contribution >= 0.6 is 0 Å². The van der Waals surface area contributed by atoms with Gasteiger partial charge in [0.2, 0.25) is 5.91 Å². The number of carbonyl (C=O) groups is 1. The van der Waals surface area contributed by atoms with Crippen LogP contribution in [0.3, 0.4) is 0 Å². The highest BCUT2D eigenvalue weighted by atomic mass is 19.4. The molecule has 0 saturated heterocycles. The number of amides is 1. The molecule has 110 valence electrons. The molecule has 0 aliphatic carbocycles. The Morgan fingerprint density at radius 3 is 2.60 bits per heavy atom. The number of pyridine rings is 1. The fraction of sp³-hybridized carbons (Fsp3) is 0.400. The van der Waals surface area contributed by atoms with Crippen molar-refractivity contribution < 1.29 is 22.9 Å². The summed E-state index contributed by atoms with van der Waals surface area (Å²) in [6.07, 6.45) is -3.75. The molecular weight excluding hydrogens is 283 g/mol. The highest BCUT2D eigenvalue weighted by molar-refractivity contribution is 5.75. The summed E-state index contributed by atoms with van der Waals surface area (Å²) in [7, 11) is 0. The maximum atomic E-state index is 11.9. The molecule has 0 fully saturated rings. The van der Waals surface area contributed by atoms with E-state index in [2.05, 4.69) is 0 Å². The molecule has 1 rings (SSSR count). The van der Waals surface area contributed by atoms with Crippen molar-refractivity contribution >= 4 is 11.6 Å². The molecule has 1 heterocycles. The minimum absolute atomic E-state index is 0.104. The van der Waals surface area contributed by atoms with Gasteiger partial charge in [0, 0.05) is 11.6 Å². The van der Waals surface area contributed by atoms with Gasteiger partial charge in [-0.25, -0.2) is 0 Å². The van der Waals surface area contributed by atoms with Crippen molar-refractivity contribution in [3.8, 4) is 0 Å². The second-order valence-corrected chi connectivity index (χ2v) is 3.96. The zero-order valence-electron chi connectivity index (χ0n) is 10.2. The lowest BCUT2D eigenvalue weighted by molar-refractivity contribution is -0.385. The van der Waals surface area contributed by atoms with Gasteiger partial charge in [0.1, 0.15) is 13.1 Å². The van der Waals surface area contributed by atoms with E-state index in [4.69, 9.17) is 0 Å². The number of nitrogens with one attached hydrogen (secondary N) is 1. The monoisotopic (exact) mass is 293 g/mol. The zero-order valence-corrected chi connectivity index (χ0v) is 10.2. The van der Waals surface area contributed by atoms with Gasteiger partial charge in [-0.15, -0.1) is 0 Å². The third-order valence-corrected chi connectivity index (χ3v) is 2.30. The first-order chi connectivity index (χ1) is 9.10. The first-order valence-electron chi connectivity index (χ1n) is 5.29. The van der Waals surface area contributed by atoms with E-state index in [1.165, 1.54) is 6.92 Å². The number of alkyl halides is 3. The first kappa shape index (κ1) is 15.7. The molecule has 0 atom stereocenters. The van der Waals surface area contributed by atoms with E-state index in [1.54, 1.807) is 5.32 Å². The number of aromatic nitrogens is 1. The van der Waals surface area contributed by atoms with Crippen molar-refractivity contribution in [1.82, 2.24) is 9.88 Å². The van der Waals surface area contributed by atoms with Gasteiger partial charge in [-0.2, -0.15) is 13.2 Å². The minimum Gasteiger partial charge on any atom is -0.345 e. The molecule has 1 aromatic heterocycles. The molecular formula is C10H10F3N3O4. The Hall–Kier alpha value is -2.39. The number of carbonyl (C=O) groups excluding carboxylic acids is 1. The fourth-order valence-corrected chi connectivity index (χ4v) is 1.38. The second-order valence-electron chi connectivity index (χ2n) is 3.96. The highest BCUT2D eigenvalue weighted by Crippen LogP contribution is 2.14. The van der Waals surface area contributed by atoms with Crippen LogP contribution in [0.25, 0.3) is 0 Å². The maximum Gasteiger partial charge on any atom is 0.405 e. The summed E-state index contributed by atoms with van der Waals surface area (Å²) >= 11 is 0. The van der Waals surface area contributed by atoms with Gasteiger partial charge in [0.15, 0.2) is 0 Å². The standard InChI is InChI=1S/C10H10F3N3O4/c1-6-2-9(18)15(3-7(6)16(19)20)4-8(17)14-5-10(11,12)13/h2-3H,4-5H2,1H3,(H,14,17). The number of halogens is 3. The number of nitrogens with zero attached hydrogens (tertiary/aromatic N) is 2. The molecule has 0 aliphatic rings. The maximum absolute atomic E-state index is 11.9.